The summed E-state index contributed by atoms with van der Waals surface area (Å²) in [5, 5.41) is 2.87. The second-order valence-electron chi connectivity index (χ2n) is 10.2. The summed E-state index contributed by atoms with van der Waals surface area (Å²) in [5.41, 5.74) is 4.83. The Kier molecular flexibility index (Phi) is 10.5. The molecule has 0 spiro atoms. The van der Waals surface area contributed by atoms with Crippen molar-refractivity contribution in [2.45, 2.75) is 46.7 Å². The third-order valence-electron chi connectivity index (χ3n) is 6.75. The number of amides is 2. The van der Waals surface area contributed by atoms with E-state index in [1.54, 1.807) is 6.07 Å². The summed E-state index contributed by atoms with van der Waals surface area (Å²) >= 11 is 0. The van der Waals surface area contributed by atoms with Gasteiger partial charge in [-0.25, -0.2) is 4.31 Å². The molecule has 0 heterocycles. The number of nitrogens with one attached hydrogen (secondary N) is 1. The Morgan fingerprint density at radius 2 is 1.48 bits per heavy atom. The van der Waals surface area contributed by atoms with Gasteiger partial charge in [0.1, 0.15) is 12.6 Å². The molecule has 9 heteroatoms. The second kappa shape index (κ2) is 13.6. The normalized spacial score (nSPS) is 12.2. The maximum atomic E-state index is 14.2. The highest BCUT2D eigenvalue weighted by molar-refractivity contribution is 7.90. The van der Waals surface area contributed by atoms with Crippen LogP contribution >= 0.6 is 0 Å². The smallest absolute Gasteiger partial charge is 0.304 e. The van der Waals surface area contributed by atoms with Crippen molar-refractivity contribution < 1.29 is 18.0 Å². The Balaban J connectivity index is 2.11. The first-order chi connectivity index (χ1) is 18.9. The highest BCUT2D eigenvalue weighted by atomic mass is 32.2. The monoisotopic (exact) mass is 564 g/mol. The van der Waals surface area contributed by atoms with Gasteiger partial charge in [0.2, 0.25) is 11.8 Å². The Morgan fingerprint density at radius 3 is 2.08 bits per heavy atom. The van der Waals surface area contributed by atoms with Crippen LogP contribution in [0.2, 0.25) is 0 Å². The fraction of sp³-hybridized carbons (Fsp3) is 0.355. The van der Waals surface area contributed by atoms with Crippen molar-refractivity contribution in [2.75, 3.05) is 31.5 Å². The molecule has 0 aliphatic carbocycles. The zero-order chi connectivity index (χ0) is 29.4. The average molecular weight is 565 g/mol. The summed E-state index contributed by atoms with van der Waals surface area (Å²) in [6.45, 7) is 7.59. The lowest BCUT2D eigenvalue weighted by atomic mass is 10.0. The molecule has 1 unspecified atom stereocenters. The SMILES string of the molecule is CCNC(=O)C(Cc1ccccc1)N(Cc1ccc(C)cc1)C(=O)CN(c1cc(C)ccc1C)S(=O)(=O)N(C)C. The lowest BCUT2D eigenvalue weighted by Crippen LogP contribution is -2.54. The van der Waals surface area contributed by atoms with Gasteiger partial charge in [0.05, 0.1) is 5.69 Å². The average Bonchev–Trinajstić information content (AvgIpc) is 2.92. The zero-order valence-electron chi connectivity index (χ0n) is 24.2. The first-order valence-corrected chi connectivity index (χ1v) is 14.8. The highest BCUT2D eigenvalue weighted by Gasteiger charge is 2.35. The molecule has 0 saturated carbocycles. The molecule has 0 bridgehead atoms. The van der Waals surface area contributed by atoms with Crippen molar-refractivity contribution in [3.05, 3.63) is 101 Å². The second-order valence-corrected chi connectivity index (χ2v) is 12.3. The maximum Gasteiger partial charge on any atom is 0.304 e. The van der Waals surface area contributed by atoms with Crippen LogP contribution in [0.1, 0.15) is 34.7 Å². The lowest BCUT2D eigenvalue weighted by Gasteiger charge is -2.34. The van der Waals surface area contributed by atoms with E-state index in [1.807, 2.05) is 94.4 Å². The van der Waals surface area contributed by atoms with Crippen molar-refractivity contribution in [1.29, 1.82) is 0 Å². The van der Waals surface area contributed by atoms with Crippen LogP contribution in [0.25, 0.3) is 0 Å². The molecule has 3 aromatic rings. The quantitative estimate of drug-likeness (QED) is 0.360. The van der Waals surface area contributed by atoms with E-state index in [1.165, 1.54) is 19.0 Å². The first-order valence-electron chi connectivity index (χ1n) is 13.4. The molecule has 0 radical (unpaired) electrons. The van der Waals surface area contributed by atoms with Crippen LogP contribution in [0.4, 0.5) is 5.69 Å². The third kappa shape index (κ3) is 7.70. The van der Waals surface area contributed by atoms with Crippen LogP contribution in [-0.2, 0) is 32.8 Å². The minimum Gasteiger partial charge on any atom is -0.355 e. The number of anilines is 1. The number of nitrogens with zero attached hydrogens (tertiary/aromatic N) is 3. The number of hydrogen-bond acceptors (Lipinski definition) is 4. The fourth-order valence-electron chi connectivity index (χ4n) is 4.43. The van der Waals surface area contributed by atoms with E-state index in [0.29, 0.717) is 12.2 Å². The highest BCUT2D eigenvalue weighted by Crippen LogP contribution is 2.26. The molecule has 2 amide bonds. The minimum absolute atomic E-state index is 0.149. The maximum absolute atomic E-state index is 14.2. The zero-order valence-corrected chi connectivity index (χ0v) is 25.0. The van der Waals surface area contributed by atoms with Crippen LogP contribution in [0.3, 0.4) is 0 Å². The van der Waals surface area contributed by atoms with Crippen LogP contribution in [0, 0.1) is 20.8 Å². The van der Waals surface area contributed by atoms with Gasteiger partial charge in [-0.3, -0.25) is 9.59 Å². The van der Waals surface area contributed by atoms with Crippen LogP contribution < -0.4 is 9.62 Å². The fourth-order valence-corrected chi connectivity index (χ4v) is 5.54. The van der Waals surface area contributed by atoms with Crippen LogP contribution in [0.5, 0.6) is 0 Å². The molecule has 3 aromatic carbocycles. The number of benzene rings is 3. The van der Waals surface area contributed by atoms with Gasteiger partial charge in [0, 0.05) is 33.6 Å². The molecule has 1 N–H and O–H groups in total. The Hall–Kier alpha value is -3.69. The summed E-state index contributed by atoms with van der Waals surface area (Å²) in [5.74, 6) is -0.764. The summed E-state index contributed by atoms with van der Waals surface area (Å²) in [4.78, 5) is 29.2. The summed E-state index contributed by atoms with van der Waals surface area (Å²) < 4.78 is 29.3. The van der Waals surface area contributed by atoms with Gasteiger partial charge < -0.3 is 10.2 Å². The van der Waals surface area contributed by atoms with Gasteiger partial charge in [-0.05, 0) is 56.0 Å². The molecule has 0 aliphatic heterocycles. The van der Waals surface area contributed by atoms with Crippen molar-refractivity contribution in [3.8, 4) is 0 Å². The Morgan fingerprint density at radius 1 is 0.850 bits per heavy atom. The Bertz CT molecular complexity index is 1410. The van der Waals surface area contributed by atoms with E-state index in [9.17, 15) is 18.0 Å². The van der Waals surface area contributed by atoms with E-state index >= 15 is 0 Å². The predicted octanol–water partition coefficient (Wildman–Crippen LogP) is 4.00. The van der Waals surface area contributed by atoms with Crippen molar-refractivity contribution >= 4 is 27.7 Å². The number of carbonyl (C=O) groups is 2. The number of hydrogen-bond donors (Lipinski definition) is 1. The number of aryl methyl sites for hydroxylation is 3. The van der Waals surface area contributed by atoms with Gasteiger partial charge in [-0.1, -0.05) is 72.3 Å². The van der Waals surface area contributed by atoms with Gasteiger partial charge in [-0.15, -0.1) is 0 Å². The Labute approximate surface area is 238 Å². The standard InChI is InChI=1S/C31H40N4O4S/c1-7-32-31(37)29(20-26-11-9-8-10-12-26)34(21-27-17-14-23(2)15-18-27)30(36)22-35(40(38,39)33(5)6)28-19-24(3)13-16-25(28)4/h8-19,29H,7,20-22H2,1-6H3,(H,32,37). The minimum atomic E-state index is -4.03. The lowest BCUT2D eigenvalue weighted by molar-refractivity contribution is -0.140. The summed E-state index contributed by atoms with van der Waals surface area (Å²) in [7, 11) is -1.16. The van der Waals surface area contributed by atoms with Crippen LogP contribution in [-0.4, -0.2) is 62.7 Å². The van der Waals surface area contributed by atoms with E-state index < -0.39 is 28.7 Å². The predicted molar refractivity (Wildman–Crippen MR) is 160 cm³/mol. The molecular formula is C31H40N4O4S. The van der Waals surface area contributed by atoms with Crippen molar-refractivity contribution in [1.82, 2.24) is 14.5 Å². The topological polar surface area (TPSA) is 90.0 Å². The molecular weight excluding hydrogens is 524 g/mol. The molecule has 0 fully saturated rings. The molecule has 214 valence electrons. The third-order valence-corrected chi connectivity index (χ3v) is 8.55. The molecule has 0 aliphatic rings. The van der Waals surface area contributed by atoms with Crippen molar-refractivity contribution in [2.24, 2.45) is 0 Å². The van der Waals surface area contributed by atoms with E-state index in [2.05, 4.69) is 5.32 Å². The molecule has 40 heavy (non-hydrogen) atoms. The first kappa shape index (κ1) is 30.8. The molecule has 0 saturated heterocycles. The van der Waals surface area contributed by atoms with E-state index in [0.717, 1.165) is 36.4 Å². The van der Waals surface area contributed by atoms with Gasteiger partial charge in [0.25, 0.3) is 0 Å². The molecule has 3 rings (SSSR count). The van der Waals surface area contributed by atoms with Gasteiger partial charge in [-0.2, -0.15) is 12.7 Å². The molecule has 0 aromatic heterocycles. The van der Waals surface area contributed by atoms with E-state index in [-0.39, 0.29) is 18.9 Å². The van der Waals surface area contributed by atoms with Gasteiger partial charge in [0.15, 0.2) is 0 Å². The number of rotatable bonds is 12. The largest absolute Gasteiger partial charge is 0.355 e. The number of carbonyl (C=O) groups excluding carboxylic acids is 2. The molecule has 8 nitrogen and oxygen atoms in total. The number of likely N-dealkylation sites (N-methyl/N-ethyl adjacent to an activating group) is 1. The van der Waals surface area contributed by atoms with Crippen molar-refractivity contribution in [3.63, 3.8) is 0 Å². The van der Waals surface area contributed by atoms with Gasteiger partial charge >= 0.3 is 10.2 Å². The summed E-state index contributed by atoms with van der Waals surface area (Å²) in [6, 6.07) is 21.9. The molecule has 1 atom stereocenters. The van der Waals surface area contributed by atoms with E-state index in [4.69, 9.17) is 0 Å². The summed E-state index contributed by atoms with van der Waals surface area (Å²) in [6.07, 6.45) is 0.286. The van der Waals surface area contributed by atoms with Crippen LogP contribution in [0.15, 0.2) is 72.8 Å².